The van der Waals surface area contributed by atoms with E-state index >= 15 is 0 Å². The van der Waals surface area contributed by atoms with Crippen LogP contribution in [0.2, 0.25) is 0 Å². The Hall–Kier alpha value is -2.89. The van der Waals surface area contributed by atoms with Gasteiger partial charge in [-0.15, -0.1) is 0 Å². The summed E-state index contributed by atoms with van der Waals surface area (Å²) in [6, 6.07) is 8.39. The van der Waals surface area contributed by atoms with Crippen LogP contribution < -0.4 is 5.69 Å². The third kappa shape index (κ3) is 2.18. The molecule has 112 valence electrons. The highest BCUT2D eigenvalue weighted by Gasteiger charge is 2.15. The fourth-order valence-electron chi connectivity index (χ4n) is 2.51. The Morgan fingerprint density at radius 3 is 2.68 bits per heavy atom. The van der Waals surface area contributed by atoms with Crippen molar-refractivity contribution in [3.63, 3.8) is 0 Å². The second kappa shape index (κ2) is 5.48. The third-order valence-corrected chi connectivity index (χ3v) is 3.50. The number of benzene rings is 1. The molecule has 1 N–H and O–H groups in total. The van der Waals surface area contributed by atoms with Gasteiger partial charge in [0.05, 0.1) is 11.2 Å². The van der Waals surface area contributed by atoms with E-state index in [-0.39, 0.29) is 11.4 Å². The lowest BCUT2D eigenvalue weighted by Gasteiger charge is -2.02. The van der Waals surface area contributed by atoms with Gasteiger partial charge in [0.25, 0.3) is 0 Å². The molecule has 6 heteroatoms. The quantitative estimate of drug-likeness (QED) is 0.751. The Morgan fingerprint density at radius 1 is 1.32 bits per heavy atom. The smallest absolute Gasteiger partial charge is 0.334 e. The van der Waals surface area contributed by atoms with Crippen molar-refractivity contribution in [2.24, 2.45) is 4.99 Å². The van der Waals surface area contributed by atoms with Gasteiger partial charge in [-0.2, -0.15) is 0 Å². The zero-order valence-electron chi connectivity index (χ0n) is 12.4. The molecule has 3 rings (SSSR count). The highest BCUT2D eigenvalue weighted by Crippen LogP contribution is 2.18. The average molecular weight is 296 g/mol. The van der Waals surface area contributed by atoms with Crippen molar-refractivity contribution in [1.82, 2.24) is 14.1 Å². The molecule has 0 spiro atoms. The topological polar surface area (TPSA) is 72.4 Å². The summed E-state index contributed by atoms with van der Waals surface area (Å²) in [5, 5.41) is 9.41. The number of hydrogen-bond donors (Lipinski definition) is 1. The second-order valence-corrected chi connectivity index (χ2v) is 4.88. The number of fused-ring (bicyclic) bond motifs is 1. The summed E-state index contributed by atoms with van der Waals surface area (Å²) in [6.07, 6.45) is 3.39. The molecule has 0 saturated carbocycles. The number of phenolic OH excluding ortho intramolecular Hbond substituents is 1. The minimum Gasteiger partial charge on any atom is -0.508 e. The number of imidazole rings is 1. The van der Waals surface area contributed by atoms with Crippen LogP contribution in [0.15, 0.2) is 46.3 Å². The SMILES string of the molecule is CCn1c(=O)n(-c2ccc(O)cc2)c2ncc(C=NC)cc21. The van der Waals surface area contributed by atoms with E-state index in [0.29, 0.717) is 17.9 Å². The Labute approximate surface area is 127 Å². The van der Waals surface area contributed by atoms with E-state index in [1.165, 1.54) is 0 Å². The van der Waals surface area contributed by atoms with Crippen molar-refractivity contribution < 1.29 is 5.11 Å². The number of phenols is 1. The molecular formula is C16H16N4O2. The standard InChI is InChI=1S/C16H16N4O2/c1-3-19-14-8-11(9-17-2)10-18-15(14)20(16(19)22)12-4-6-13(21)7-5-12/h4-10,21H,3H2,1-2H3. The van der Waals surface area contributed by atoms with Crippen molar-refractivity contribution >= 4 is 17.4 Å². The summed E-state index contributed by atoms with van der Waals surface area (Å²) in [6.45, 7) is 2.47. The molecule has 0 fully saturated rings. The molecule has 2 aromatic heterocycles. The van der Waals surface area contributed by atoms with Gasteiger partial charge in [-0.3, -0.25) is 9.56 Å². The van der Waals surface area contributed by atoms with Crippen molar-refractivity contribution in [3.05, 3.63) is 52.6 Å². The molecule has 3 aromatic rings. The lowest BCUT2D eigenvalue weighted by atomic mass is 10.2. The number of pyridine rings is 1. The maximum absolute atomic E-state index is 12.7. The Morgan fingerprint density at radius 2 is 2.05 bits per heavy atom. The lowest BCUT2D eigenvalue weighted by molar-refractivity contribution is 0.475. The van der Waals surface area contributed by atoms with Crippen LogP contribution in [0.4, 0.5) is 0 Å². The van der Waals surface area contributed by atoms with Crippen LogP contribution in [0, 0.1) is 0 Å². The summed E-state index contributed by atoms with van der Waals surface area (Å²) in [7, 11) is 1.69. The molecule has 0 saturated heterocycles. The van der Waals surface area contributed by atoms with Gasteiger partial charge < -0.3 is 5.11 Å². The normalized spacial score (nSPS) is 11.5. The molecular weight excluding hydrogens is 280 g/mol. The Balaban J connectivity index is 2.33. The van der Waals surface area contributed by atoms with E-state index < -0.39 is 0 Å². The van der Waals surface area contributed by atoms with Gasteiger partial charge in [-0.05, 0) is 37.3 Å². The maximum atomic E-state index is 12.7. The van der Waals surface area contributed by atoms with Crippen LogP contribution in [0.5, 0.6) is 5.75 Å². The number of nitrogens with zero attached hydrogens (tertiary/aromatic N) is 4. The van der Waals surface area contributed by atoms with Gasteiger partial charge in [-0.1, -0.05) is 0 Å². The molecule has 0 aliphatic carbocycles. The van der Waals surface area contributed by atoms with Gasteiger partial charge in [-0.25, -0.2) is 14.3 Å². The molecule has 6 nitrogen and oxygen atoms in total. The number of aromatic hydroxyl groups is 1. The Bertz CT molecular complexity index is 904. The predicted octanol–water partition coefficient (Wildman–Crippen LogP) is 1.96. The summed E-state index contributed by atoms with van der Waals surface area (Å²) in [4.78, 5) is 21.1. The first-order valence-corrected chi connectivity index (χ1v) is 6.98. The molecule has 0 radical (unpaired) electrons. The van der Waals surface area contributed by atoms with E-state index in [1.807, 2.05) is 13.0 Å². The first-order valence-electron chi connectivity index (χ1n) is 6.98. The van der Waals surface area contributed by atoms with Crippen molar-refractivity contribution in [1.29, 1.82) is 0 Å². The minimum absolute atomic E-state index is 0.152. The number of aryl methyl sites for hydroxylation is 1. The van der Waals surface area contributed by atoms with Gasteiger partial charge in [0, 0.05) is 31.6 Å². The molecule has 0 aliphatic heterocycles. The second-order valence-electron chi connectivity index (χ2n) is 4.88. The van der Waals surface area contributed by atoms with Crippen LogP contribution >= 0.6 is 0 Å². The van der Waals surface area contributed by atoms with E-state index in [9.17, 15) is 9.90 Å². The number of aromatic nitrogens is 3. The van der Waals surface area contributed by atoms with Crippen LogP contribution in [0.3, 0.4) is 0 Å². The molecule has 0 unspecified atom stereocenters. The highest BCUT2D eigenvalue weighted by atomic mass is 16.3. The Kier molecular flexibility index (Phi) is 3.50. The molecule has 2 heterocycles. The monoisotopic (exact) mass is 296 g/mol. The first kappa shape index (κ1) is 14.1. The largest absolute Gasteiger partial charge is 0.508 e. The average Bonchev–Trinajstić information content (AvgIpc) is 2.79. The van der Waals surface area contributed by atoms with E-state index in [0.717, 1.165) is 11.1 Å². The van der Waals surface area contributed by atoms with Crippen molar-refractivity contribution in [2.45, 2.75) is 13.5 Å². The molecule has 0 aliphatic rings. The molecule has 1 aromatic carbocycles. The highest BCUT2D eigenvalue weighted by molar-refractivity contribution is 5.85. The molecule has 22 heavy (non-hydrogen) atoms. The van der Waals surface area contributed by atoms with Gasteiger partial charge in [0.15, 0.2) is 5.65 Å². The summed E-state index contributed by atoms with van der Waals surface area (Å²) < 4.78 is 3.22. The van der Waals surface area contributed by atoms with E-state index in [4.69, 9.17) is 0 Å². The van der Waals surface area contributed by atoms with Crippen molar-refractivity contribution in [3.8, 4) is 11.4 Å². The third-order valence-electron chi connectivity index (χ3n) is 3.50. The first-order chi connectivity index (χ1) is 10.7. The number of rotatable bonds is 3. The summed E-state index contributed by atoms with van der Waals surface area (Å²) >= 11 is 0. The minimum atomic E-state index is -0.152. The van der Waals surface area contributed by atoms with Crippen LogP contribution in [-0.2, 0) is 6.54 Å². The zero-order valence-corrected chi connectivity index (χ0v) is 12.4. The van der Waals surface area contributed by atoms with Crippen LogP contribution in [-0.4, -0.2) is 32.5 Å². The van der Waals surface area contributed by atoms with Crippen molar-refractivity contribution in [2.75, 3.05) is 7.05 Å². The summed E-state index contributed by atoms with van der Waals surface area (Å²) in [5.41, 5.74) is 2.72. The van der Waals surface area contributed by atoms with E-state index in [1.54, 1.807) is 52.9 Å². The fourth-order valence-corrected chi connectivity index (χ4v) is 2.51. The maximum Gasteiger partial charge on any atom is 0.334 e. The summed E-state index contributed by atoms with van der Waals surface area (Å²) in [5.74, 6) is 0.158. The van der Waals surface area contributed by atoms with Gasteiger partial charge >= 0.3 is 5.69 Å². The molecule has 0 bridgehead atoms. The lowest BCUT2D eigenvalue weighted by Crippen LogP contribution is -2.22. The van der Waals surface area contributed by atoms with Crippen LogP contribution in [0.1, 0.15) is 12.5 Å². The van der Waals surface area contributed by atoms with Crippen LogP contribution in [0.25, 0.3) is 16.9 Å². The number of aliphatic imine (C=N–C) groups is 1. The molecule has 0 amide bonds. The van der Waals surface area contributed by atoms with Gasteiger partial charge in [0.2, 0.25) is 0 Å². The van der Waals surface area contributed by atoms with Gasteiger partial charge in [0.1, 0.15) is 5.75 Å². The zero-order chi connectivity index (χ0) is 15.7. The van der Waals surface area contributed by atoms with E-state index in [2.05, 4.69) is 9.98 Å². The number of hydrogen-bond acceptors (Lipinski definition) is 4. The fraction of sp³-hybridized carbons (Fsp3) is 0.188. The molecule has 0 atom stereocenters. The predicted molar refractivity (Wildman–Crippen MR) is 86.2 cm³/mol.